The summed E-state index contributed by atoms with van der Waals surface area (Å²) in [5.41, 5.74) is 3.11. The number of ether oxygens (including phenoxy) is 2. The molecule has 0 atom stereocenters. The van der Waals surface area contributed by atoms with E-state index in [0.717, 1.165) is 12.8 Å². The van der Waals surface area contributed by atoms with Crippen LogP contribution in [-0.2, 0) is 4.79 Å². The van der Waals surface area contributed by atoms with Crippen LogP contribution in [0, 0.1) is 5.92 Å². The second-order valence-electron chi connectivity index (χ2n) is 5.40. The fourth-order valence-electron chi connectivity index (χ4n) is 2.00. The molecule has 2 aromatic rings. The zero-order valence-corrected chi connectivity index (χ0v) is 14.0. The maximum Gasteiger partial charge on any atom is 0.314 e. The van der Waals surface area contributed by atoms with Crippen molar-refractivity contribution in [3.05, 3.63) is 45.3 Å². The number of hydrazone groups is 1. The third-order valence-electron chi connectivity index (χ3n) is 3.50. The number of carbonyl (C=O) groups is 1. The molecular weight excluding hydrogens is 348 g/mol. The van der Waals surface area contributed by atoms with Gasteiger partial charge in [0.1, 0.15) is 10.7 Å². The van der Waals surface area contributed by atoms with E-state index in [1.807, 2.05) is 0 Å². The average molecular weight is 363 g/mol. The highest BCUT2D eigenvalue weighted by Gasteiger charge is 2.32. The highest BCUT2D eigenvalue weighted by atomic mass is 35.5. The lowest BCUT2D eigenvalue weighted by atomic mass is 10.2. The minimum atomic E-state index is -0.509. The van der Waals surface area contributed by atoms with E-state index in [-0.39, 0.29) is 22.6 Å². The van der Waals surface area contributed by atoms with Gasteiger partial charge in [-0.05, 0) is 36.6 Å². The van der Waals surface area contributed by atoms with Gasteiger partial charge in [-0.15, -0.1) is 0 Å². The van der Waals surface area contributed by atoms with Gasteiger partial charge in [0.15, 0.2) is 11.5 Å². The van der Waals surface area contributed by atoms with Crippen molar-refractivity contribution in [2.45, 2.75) is 12.8 Å². The molecule has 1 fully saturated rings. The largest absolute Gasteiger partial charge is 0.493 e. The number of benzene rings is 1. The van der Waals surface area contributed by atoms with Crippen molar-refractivity contribution in [1.82, 2.24) is 10.2 Å². The number of aromatic nitrogens is 2. The smallest absolute Gasteiger partial charge is 0.314 e. The van der Waals surface area contributed by atoms with E-state index in [1.165, 1.54) is 19.5 Å². The number of aromatic amines is 1. The van der Waals surface area contributed by atoms with Gasteiger partial charge in [-0.3, -0.25) is 15.0 Å². The van der Waals surface area contributed by atoms with Crippen molar-refractivity contribution in [1.29, 1.82) is 0 Å². The van der Waals surface area contributed by atoms with Crippen LogP contribution in [0.25, 0.3) is 0 Å². The van der Waals surface area contributed by atoms with Crippen molar-refractivity contribution >= 4 is 29.5 Å². The standard InChI is InChI=1S/C16H15ClN4O4/c1-24-13-6-9(2-5-12(13)25-16(23)10-3-4-10)7-18-20-11-8-19-21-15(22)14(11)17/h2,5-8,10H,3-4H2,1H3,(H2,20,21,22)/b18-7-. The first-order valence-electron chi connectivity index (χ1n) is 7.50. The molecule has 2 N–H and O–H groups in total. The molecule has 9 heteroatoms. The van der Waals surface area contributed by atoms with Crippen molar-refractivity contribution in [3.63, 3.8) is 0 Å². The van der Waals surface area contributed by atoms with Crippen LogP contribution in [0.4, 0.5) is 5.69 Å². The predicted molar refractivity (Wildman–Crippen MR) is 92.4 cm³/mol. The number of esters is 1. The topological polar surface area (TPSA) is 106 Å². The molecule has 1 aliphatic carbocycles. The van der Waals surface area contributed by atoms with Gasteiger partial charge in [-0.2, -0.15) is 10.2 Å². The lowest BCUT2D eigenvalue weighted by molar-refractivity contribution is -0.135. The van der Waals surface area contributed by atoms with Crippen LogP contribution in [0.1, 0.15) is 18.4 Å². The number of nitrogens with zero attached hydrogens (tertiary/aromatic N) is 2. The maximum absolute atomic E-state index is 11.8. The highest BCUT2D eigenvalue weighted by Crippen LogP contribution is 2.34. The Morgan fingerprint density at radius 3 is 2.96 bits per heavy atom. The zero-order chi connectivity index (χ0) is 17.8. The van der Waals surface area contributed by atoms with E-state index in [9.17, 15) is 9.59 Å². The summed E-state index contributed by atoms with van der Waals surface area (Å²) in [4.78, 5) is 23.1. The third-order valence-corrected chi connectivity index (χ3v) is 3.88. The zero-order valence-electron chi connectivity index (χ0n) is 13.3. The van der Waals surface area contributed by atoms with Crippen LogP contribution < -0.4 is 20.5 Å². The van der Waals surface area contributed by atoms with Gasteiger partial charge in [0.2, 0.25) is 0 Å². The molecule has 0 amide bonds. The molecule has 0 unspecified atom stereocenters. The first-order valence-corrected chi connectivity index (χ1v) is 7.88. The van der Waals surface area contributed by atoms with Crippen LogP contribution in [-0.4, -0.2) is 29.5 Å². The molecule has 0 aliphatic heterocycles. The molecule has 1 saturated carbocycles. The lowest BCUT2D eigenvalue weighted by Gasteiger charge is -2.09. The Balaban J connectivity index is 1.70. The summed E-state index contributed by atoms with van der Waals surface area (Å²) in [7, 11) is 1.49. The third kappa shape index (κ3) is 4.16. The SMILES string of the molecule is COc1cc(/C=N\Nc2cn[nH]c(=O)c2Cl)ccc1OC(=O)C1CC1. The van der Waals surface area contributed by atoms with Gasteiger partial charge in [0.05, 0.1) is 25.4 Å². The number of hydrogen-bond donors (Lipinski definition) is 2. The van der Waals surface area contributed by atoms with Crippen LogP contribution in [0.2, 0.25) is 5.02 Å². The first kappa shape index (κ1) is 17.0. The van der Waals surface area contributed by atoms with Crippen molar-refractivity contribution in [3.8, 4) is 11.5 Å². The molecule has 0 saturated heterocycles. The van der Waals surface area contributed by atoms with Crippen LogP contribution >= 0.6 is 11.6 Å². The second-order valence-corrected chi connectivity index (χ2v) is 5.78. The molecule has 0 spiro atoms. The normalized spacial score (nSPS) is 13.7. The Labute approximate surface area is 147 Å². The molecule has 0 bridgehead atoms. The summed E-state index contributed by atoms with van der Waals surface area (Å²) in [5, 5.41) is 9.81. The molecule has 1 heterocycles. The summed E-state index contributed by atoms with van der Waals surface area (Å²) in [5.74, 6) is 0.556. The minimum absolute atomic E-state index is 0.00234. The molecule has 1 aromatic heterocycles. The summed E-state index contributed by atoms with van der Waals surface area (Å²) < 4.78 is 10.6. The van der Waals surface area contributed by atoms with E-state index in [0.29, 0.717) is 17.1 Å². The van der Waals surface area contributed by atoms with Gasteiger partial charge < -0.3 is 9.47 Å². The Bertz CT molecular complexity index is 877. The van der Waals surface area contributed by atoms with Gasteiger partial charge in [0.25, 0.3) is 5.56 Å². The first-order chi connectivity index (χ1) is 12.1. The quantitative estimate of drug-likeness (QED) is 0.353. The molecule has 1 aliphatic rings. The van der Waals surface area contributed by atoms with E-state index in [2.05, 4.69) is 20.7 Å². The number of methoxy groups -OCH3 is 1. The molecule has 1 aromatic carbocycles. The van der Waals surface area contributed by atoms with Crippen LogP contribution in [0.5, 0.6) is 11.5 Å². The number of anilines is 1. The van der Waals surface area contributed by atoms with Crippen molar-refractivity contribution in [2.24, 2.45) is 11.0 Å². The Morgan fingerprint density at radius 1 is 1.44 bits per heavy atom. The van der Waals surface area contributed by atoms with Crippen molar-refractivity contribution < 1.29 is 14.3 Å². The van der Waals surface area contributed by atoms with E-state index in [4.69, 9.17) is 21.1 Å². The average Bonchev–Trinajstić information content (AvgIpc) is 3.45. The number of hydrogen-bond acceptors (Lipinski definition) is 7. The molecule has 130 valence electrons. The van der Waals surface area contributed by atoms with Gasteiger partial charge in [-0.1, -0.05) is 11.6 Å². The van der Waals surface area contributed by atoms with Crippen molar-refractivity contribution in [2.75, 3.05) is 12.5 Å². The van der Waals surface area contributed by atoms with Crippen LogP contribution in [0.3, 0.4) is 0 Å². The Hall–Kier alpha value is -2.87. The van der Waals surface area contributed by atoms with Crippen LogP contribution in [0.15, 0.2) is 34.3 Å². The number of H-pyrrole nitrogens is 1. The van der Waals surface area contributed by atoms with Gasteiger partial charge in [0, 0.05) is 0 Å². The summed E-state index contributed by atoms with van der Waals surface area (Å²) in [6, 6.07) is 5.04. The number of rotatable bonds is 6. The Morgan fingerprint density at radius 2 is 2.24 bits per heavy atom. The fourth-order valence-corrected chi connectivity index (χ4v) is 2.13. The van der Waals surface area contributed by atoms with Gasteiger partial charge in [-0.25, -0.2) is 5.10 Å². The molecular formula is C16H15ClN4O4. The molecule has 3 rings (SSSR count). The fraction of sp³-hybridized carbons (Fsp3) is 0.250. The van der Waals surface area contributed by atoms with Gasteiger partial charge >= 0.3 is 5.97 Å². The summed E-state index contributed by atoms with van der Waals surface area (Å²) in [6.45, 7) is 0. The molecule has 0 radical (unpaired) electrons. The number of halogens is 1. The highest BCUT2D eigenvalue weighted by molar-refractivity contribution is 6.32. The predicted octanol–water partition coefficient (Wildman–Crippen LogP) is 2.19. The Kier molecular flexibility index (Phi) is 4.99. The van der Waals surface area contributed by atoms with E-state index in [1.54, 1.807) is 18.2 Å². The number of carbonyl (C=O) groups excluding carboxylic acids is 1. The van der Waals surface area contributed by atoms with E-state index < -0.39 is 5.56 Å². The minimum Gasteiger partial charge on any atom is -0.493 e. The molecule has 25 heavy (non-hydrogen) atoms. The monoisotopic (exact) mass is 362 g/mol. The molecule has 8 nitrogen and oxygen atoms in total. The number of nitrogens with one attached hydrogen (secondary N) is 2. The summed E-state index contributed by atoms with van der Waals surface area (Å²) >= 11 is 5.83. The second kappa shape index (κ2) is 7.35. The summed E-state index contributed by atoms with van der Waals surface area (Å²) in [6.07, 6.45) is 4.60. The lowest BCUT2D eigenvalue weighted by Crippen LogP contribution is -2.10. The maximum atomic E-state index is 11.8. The van der Waals surface area contributed by atoms with E-state index >= 15 is 0 Å².